The van der Waals surface area contributed by atoms with Gasteiger partial charge in [-0.2, -0.15) is 0 Å². The van der Waals surface area contributed by atoms with Crippen LogP contribution in [0.15, 0.2) is 90.3 Å². The Balaban J connectivity index is 1.35. The third kappa shape index (κ3) is 5.68. The molecule has 0 aliphatic heterocycles. The normalized spacial score (nSPS) is 11.1. The van der Waals surface area contributed by atoms with Crippen molar-refractivity contribution in [2.75, 3.05) is 5.32 Å². The first kappa shape index (κ1) is 25.0. The van der Waals surface area contributed by atoms with E-state index in [-0.39, 0.29) is 11.7 Å². The van der Waals surface area contributed by atoms with Gasteiger partial charge in [0.05, 0.1) is 23.8 Å². The summed E-state index contributed by atoms with van der Waals surface area (Å²) in [7, 11) is 0. The van der Waals surface area contributed by atoms with Crippen molar-refractivity contribution in [2.24, 2.45) is 0 Å². The second-order valence-corrected chi connectivity index (χ2v) is 9.88. The highest BCUT2D eigenvalue weighted by Gasteiger charge is 2.14. The molecule has 186 valence electrons. The Kier molecular flexibility index (Phi) is 7.53. The van der Waals surface area contributed by atoms with Gasteiger partial charge in [0.2, 0.25) is 0 Å². The van der Waals surface area contributed by atoms with Crippen molar-refractivity contribution >= 4 is 46.0 Å². The summed E-state index contributed by atoms with van der Waals surface area (Å²) in [6.45, 7) is 2.62. The number of thioether (sulfide) groups is 1. The van der Waals surface area contributed by atoms with Gasteiger partial charge in [-0.1, -0.05) is 66.7 Å². The lowest BCUT2D eigenvalue weighted by Gasteiger charge is -2.12. The minimum absolute atomic E-state index is 0.142. The van der Waals surface area contributed by atoms with E-state index in [0.717, 1.165) is 45.0 Å². The number of aromatic nitrogens is 3. The quantitative estimate of drug-likeness (QED) is 0.213. The number of carbonyl (C=O) groups excluding carboxylic acids is 1. The Morgan fingerprint density at radius 2 is 1.86 bits per heavy atom. The zero-order valence-electron chi connectivity index (χ0n) is 20.1. The zero-order valence-corrected chi connectivity index (χ0v) is 21.7. The van der Waals surface area contributed by atoms with E-state index in [9.17, 15) is 9.18 Å². The van der Waals surface area contributed by atoms with Gasteiger partial charge in [0.1, 0.15) is 5.82 Å². The average molecular weight is 531 g/mol. The number of aryl methyl sites for hydroxylation is 1. The molecule has 0 aliphatic carbocycles. The molecule has 3 aromatic carbocycles. The van der Waals surface area contributed by atoms with Crippen LogP contribution in [0, 0.1) is 5.82 Å². The summed E-state index contributed by atoms with van der Waals surface area (Å²) < 4.78 is 15.5. The van der Waals surface area contributed by atoms with Crippen molar-refractivity contribution in [3.05, 3.63) is 118 Å². The van der Waals surface area contributed by atoms with Crippen LogP contribution in [0.2, 0.25) is 5.02 Å². The number of nitrogens with zero attached hydrogens (tertiary/aromatic N) is 3. The number of anilines is 1. The molecule has 0 spiro atoms. The van der Waals surface area contributed by atoms with Crippen LogP contribution in [-0.4, -0.2) is 20.4 Å². The molecular formula is C29H24ClFN4OS. The summed E-state index contributed by atoms with van der Waals surface area (Å²) in [6.07, 6.45) is 4.36. The molecular weight excluding hydrogens is 507 g/mol. The van der Waals surface area contributed by atoms with Crippen LogP contribution >= 0.6 is 23.4 Å². The van der Waals surface area contributed by atoms with Crippen LogP contribution in [0.4, 0.5) is 10.1 Å². The number of fused-ring (bicyclic) bond motifs is 1. The fourth-order valence-corrected chi connectivity index (χ4v) is 5.41. The molecule has 0 aliphatic rings. The molecule has 2 aromatic heterocycles. The fourth-order valence-electron chi connectivity index (χ4n) is 4.08. The number of imidazole rings is 1. The lowest BCUT2D eigenvalue weighted by atomic mass is 10.1. The number of halogens is 2. The van der Waals surface area contributed by atoms with E-state index in [2.05, 4.69) is 21.8 Å². The topological polar surface area (TPSA) is 59.8 Å². The first-order valence-corrected chi connectivity index (χ1v) is 13.2. The smallest absolute Gasteiger partial charge is 0.255 e. The molecule has 8 heteroatoms. The maximum absolute atomic E-state index is 13.4. The number of carbonyl (C=O) groups is 1. The summed E-state index contributed by atoms with van der Waals surface area (Å²) in [6, 6.07) is 21.7. The van der Waals surface area contributed by atoms with Crippen LogP contribution in [0.5, 0.6) is 0 Å². The van der Waals surface area contributed by atoms with E-state index < -0.39 is 0 Å². The first-order chi connectivity index (χ1) is 18.0. The van der Waals surface area contributed by atoms with Gasteiger partial charge in [-0.3, -0.25) is 9.78 Å². The summed E-state index contributed by atoms with van der Waals surface area (Å²) in [4.78, 5) is 21.9. The monoisotopic (exact) mass is 530 g/mol. The molecule has 1 N–H and O–H groups in total. The van der Waals surface area contributed by atoms with Gasteiger partial charge in [0.15, 0.2) is 5.16 Å². The van der Waals surface area contributed by atoms with Crippen LogP contribution in [0.3, 0.4) is 0 Å². The highest BCUT2D eigenvalue weighted by atomic mass is 35.5. The second kappa shape index (κ2) is 11.2. The largest absolute Gasteiger partial charge is 0.322 e. The van der Waals surface area contributed by atoms with Gasteiger partial charge in [0.25, 0.3) is 5.91 Å². The number of hydrogen-bond acceptors (Lipinski definition) is 4. The Labute approximate surface area is 223 Å². The molecule has 1 amide bonds. The summed E-state index contributed by atoms with van der Waals surface area (Å²) in [5.41, 5.74) is 6.13. The minimum atomic E-state index is -0.358. The zero-order chi connectivity index (χ0) is 25.8. The van der Waals surface area contributed by atoms with Gasteiger partial charge in [-0.05, 0) is 59.5 Å². The van der Waals surface area contributed by atoms with Crippen molar-refractivity contribution in [2.45, 2.75) is 30.8 Å². The number of para-hydroxylation sites is 1. The Bertz CT molecular complexity index is 1570. The van der Waals surface area contributed by atoms with Gasteiger partial charge in [-0.15, -0.1) is 0 Å². The van der Waals surface area contributed by atoms with Crippen molar-refractivity contribution in [3.8, 4) is 0 Å². The predicted molar refractivity (Wildman–Crippen MR) is 148 cm³/mol. The van der Waals surface area contributed by atoms with Crippen molar-refractivity contribution in [1.82, 2.24) is 14.5 Å². The fraction of sp³-hybridized carbons (Fsp3) is 0.138. The van der Waals surface area contributed by atoms with E-state index in [1.54, 1.807) is 18.5 Å². The number of benzene rings is 3. The van der Waals surface area contributed by atoms with E-state index >= 15 is 0 Å². The predicted octanol–water partition coefficient (Wildman–Crippen LogP) is 7.38. The maximum Gasteiger partial charge on any atom is 0.255 e. The molecule has 5 nitrogen and oxygen atoms in total. The average Bonchev–Trinajstić information content (AvgIpc) is 3.26. The number of rotatable bonds is 8. The highest BCUT2D eigenvalue weighted by molar-refractivity contribution is 7.98. The van der Waals surface area contributed by atoms with Crippen LogP contribution in [0.25, 0.3) is 11.0 Å². The van der Waals surface area contributed by atoms with Gasteiger partial charge >= 0.3 is 0 Å². The number of pyridine rings is 1. The molecule has 0 fully saturated rings. The molecule has 0 radical (unpaired) electrons. The Morgan fingerprint density at radius 3 is 2.65 bits per heavy atom. The van der Waals surface area contributed by atoms with Crippen molar-refractivity contribution in [3.63, 3.8) is 0 Å². The molecule has 0 saturated heterocycles. The highest BCUT2D eigenvalue weighted by Crippen LogP contribution is 2.30. The van der Waals surface area contributed by atoms with Crippen molar-refractivity contribution in [1.29, 1.82) is 0 Å². The lowest BCUT2D eigenvalue weighted by Crippen LogP contribution is -2.13. The summed E-state index contributed by atoms with van der Waals surface area (Å²) >= 11 is 7.76. The molecule has 0 unspecified atom stereocenters. The maximum atomic E-state index is 13.4. The molecule has 5 aromatic rings. The van der Waals surface area contributed by atoms with Gasteiger partial charge < -0.3 is 9.88 Å². The molecule has 5 rings (SSSR count). The van der Waals surface area contributed by atoms with Crippen LogP contribution in [-0.2, 0) is 18.7 Å². The Morgan fingerprint density at radius 1 is 1.05 bits per heavy atom. The van der Waals surface area contributed by atoms with Crippen LogP contribution in [0.1, 0.15) is 34.0 Å². The van der Waals surface area contributed by atoms with Crippen molar-refractivity contribution < 1.29 is 9.18 Å². The molecule has 37 heavy (non-hydrogen) atoms. The first-order valence-electron chi connectivity index (χ1n) is 11.9. The SMILES string of the molecule is CCc1ccccc1NC(=O)c1ccc(Cn2c(SCc3ccc(F)cc3Cl)nc3ccncc32)cc1. The lowest BCUT2D eigenvalue weighted by molar-refractivity contribution is 0.102. The third-order valence-electron chi connectivity index (χ3n) is 6.09. The van der Waals surface area contributed by atoms with E-state index in [1.165, 1.54) is 23.9 Å². The summed E-state index contributed by atoms with van der Waals surface area (Å²) in [5.74, 6) is 0.0507. The van der Waals surface area contributed by atoms with E-state index in [0.29, 0.717) is 22.9 Å². The van der Waals surface area contributed by atoms with E-state index in [4.69, 9.17) is 16.6 Å². The van der Waals surface area contributed by atoms with Crippen LogP contribution < -0.4 is 5.32 Å². The second-order valence-electron chi connectivity index (χ2n) is 8.53. The van der Waals surface area contributed by atoms with Gasteiger partial charge in [-0.25, -0.2) is 9.37 Å². The standard InChI is InChI=1S/C29H24ClFN4OS/c1-2-20-5-3-4-6-25(20)33-28(36)21-9-7-19(8-10-21)17-35-27-16-32-14-13-26(27)34-29(35)37-18-22-11-12-23(31)15-24(22)30/h3-16H,2,17-18H2,1H3,(H,33,36). The molecule has 0 bridgehead atoms. The Hall–Kier alpha value is -3.68. The molecule has 0 atom stereocenters. The van der Waals surface area contributed by atoms with E-state index in [1.807, 2.05) is 54.6 Å². The van der Waals surface area contributed by atoms with Gasteiger partial charge in [0, 0.05) is 28.2 Å². The minimum Gasteiger partial charge on any atom is -0.322 e. The summed E-state index contributed by atoms with van der Waals surface area (Å²) in [5, 5.41) is 4.22. The third-order valence-corrected chi connectivity index (χ3v) is 7.47. The number of nitrogens with one attached hydrogen (secondary N) is 1. The number of hydrogen-bond donors (Lipinski definition) is 1. The number of amides is 1. The molecule has 2 heterocycles. The molecule has 0 saturated carbocycles.